The topological polar surface area (TPSA) is 81.6 Å². The van der Waals surface area contributed by atoms with Gasteiger partial charge in [-0.25, -0.2) is 4.79 Å². The number of ether oxygens (including phenoxy) is 1. The first kappa shape index (κ1) is 13.3. The molecule has 3 atom stereocenters. The number of amides is 1. The fraction of sp³-hybridized carbons (Fsp3) is 0.909. The molecule has 94 valence electrons. The molecule has 1 aliphatic heterocycles. The van der Waals surface area contributed by atoms with Gasteiger partial charge < -0.3 is 21.1 Å². The van der Waals surface area contributed by atoms with Gasteiger partial charge in [0, 0.05) is 24.7 Å². The highest BCUT2D eigenvalue weighted by molar-refractivity contribution is 5.68. The number of likely N-dealkylation sites (tertiary alicyclic amines) is 1. The van der Waals surface area contributed by atoms with E-state index in [4.69, 9.17) is 16.2 Å². The molecule has 0 radical (unpaired) electrons. The smallest absolute Gasteiger partial charge is 0.410 e. The number of rotatable bonds is 0. The minimum Gasteiger partial charge on any atom is -0.444 e. The van der Waals surface area contributed by atoms with E-state index in [1.54, 1.807) is 4.90 Å². The van der Waals surface area contributed by atoms with Gasteiger partial charge in [-0.15, -0.1) is 0 Å². The van der Waals surface area contributed by atoms with E-state index >= 15 is 0 Å². The molecule has 1 heterocycles. The summed E-state index contributed by atoms with van der Waals surface area (Å²) in [5.74, 6) is 0. The van der Waals surface area contributed by atoms with E-state index in [-0.39, 0.29) is 24.2 Å². The van der Waals surface area contributed by atoms with Crippen LogP contribution in [0.2, 0.25) is 0 Å². The van der Waals surface area contributed by atoms with Crippen LogP contribution in [-0.4, -0.2) is 41.3 Å². The van der Waals surface area contributed by atoms with E-state index < -0.39 is 5.60 Å². The number of piperidine rings is 1. The molecule has 1 amide bonds. The number of hydrogen-bond donors (Lipinski definition) is 2. The second-order valence-corrected chi connectivity index (χ2v) is 5.44. The minimum absolute atomic E-state index is 0.0336. The molecule has 0 spiro atoms. The van der Waals surface area contributed by atoms with E-state index in [2.05, 4.69) is 0 Å². The lowest BCUT2D eigenvalue weighted by Crippen LogP contribution is -2.61. The summed E-state index contributed by atoms with van der Waals surface area (Å²) in [5.41, 5.74) is 11.3. The highest BCUT2D eigenvalue weighted by Crippen LogP contribution is 2.18. The van der Waals surface area contributed by atoms with Crippen molar-refractivity contribution in [3.63, 3.8) is 0 Å². The normalized spacial score (nSPS) is 31.4. The molecule has 5 heteroatoms. The summed E-state index contributed by atoms with van der Waals surface area (Å²) in [5, 5.41) is 0. The Balaban J connectivity index is 2.64. The van der Waals surface area contributed by atoms with Crippen LogP contribution in [0.5, 0.6) is 0 Å². The van der Waals surface area contributed by atoms with Crippen molar-refractivity contribution >= 4 is 6.09 Å². The molecule has 0 aromatic heterocycles. The molecule has 1 aliphatic rings. The summed E-state index contributed by atoms with van der Waals surface area (Å²) >= 11 is 0. The number of carbonyl (C=O) groups is 1. The van der Waals surface area contributed by atoms with Crippen LogP contribution in [0.15, 0.2) is 0 Å². The van der Waals surface area contributed by atoms with Crippen molar-refractivity contribution in [3.05, 3.63) is 0 Å². The number of nitrogens with zero attached hydrogens (tertiary/aromatic N) is 1. The standard InChI is InChI=1S/C11H23N3O2/c1-7-9(13)8(12)5-6-14(7)10(15)16-11(2,3)4/h7-9H,5-6,12-13H2,1-4H3/t7-,8-,9+/m1/s1. The first-order chi connectivity index (χ1) is 7.22. The van der Waals surface area contributed by atoms with E-state index in [0.29, 0.717) is 6.54 Å². The van der Waals surface area contributed by atoms with Crippen LogP contribution >= 0.6 is 0 Å². The van der Waals surface area contributed by atoms with Crippen molar-refractivity contribution in [1.82, 2.24) is 4.90 Å². The van der Waals surface area contributed by atoms with E-state index in [1.165, 1.54) is 0 Å². The lowest BCUT2D eigenvalue weighted by molar-refractivity contribution is 0.00752. The third-order valence-electron chi connectivity index (χ3n) is 2.87. The van der Waals surface area contributed by atoms with Crippen molar-refractivity contribution in [2.24, 2.45) is 11.5 Å². The molecule has 0 aliphatic carbocycles. The quantitative estimate of drug-likeness (QED) is 0.639. The Morgan fingerprint density at radius 3 is 2.44 bits per heavy atom. The SMILES string of the molecule is C[C@@H]1[C@H](N)[C@H](N)CCN1C(=O)OC(C)(C)C. The summed E-state index contributed by atoms with van der Waals surface area (Å²) in [6, 6.07) is -0.284. The fourth-order valence-corrected chi connectivity index (χ4v) is 1.83. The largest absolute Gasteiger partial charge is 0.444 e. The monoisotopic (exact) mass is 229 g/mol. The molecule has 1 saturated heterocycles. The molecule has 1 rings (SSSR count). The molecular formula is C11H23N3O2. The van der Waals surface area contributed by atoms with E-state index in [1.807, 2.05) is 27.7 Å². The van der Waals surface area contributed by atoms with Crippen LogP contribution in [0.3, 0.4) is 0 Å². The van der Waals surface area contributed by atoms with Gasteiger partial charge in [-0.05, 0) is 34.1 Å². The number of carbonyl (C=O) groups excluding carboxylic acids is 1. The first-order valence-corrected chi connectivity index (χ1v) is 5.73. The average molecular weight is 229 g/mol. The summed E-state index contributed by atoms with van der Waals surface area (Å²) < 4.78 is 5.32. The fourth-order valence-electron chi connectivity index (χ4n) is 1.83. The van der Waals surface area contributed by atoms with Crippen LogP contribution in [-0.2, 0) is 4.74 Å². The maximum absolute atomic E-state index is 11.9. The molecule has 0 saturated carbocycles. The van der Waals surface area contributed by atoms with Gasteiger partial charge in [0.1, 0.15) is 5.60 Å². The van der Waals surface area contributed by atoms with Crippen LogP contribution in [0, 0.1) is 0 Å². The number of nitrogens with two attached hydrogens (primary N) is 2. The van der Waals surface area contributed by atoms with Crippen molar-refractivity contribution in [2.75, 3.05) is 6.54 Å². The van der Waals surface area contributed by atoms with Crippen LogP contribution in [0.25, 0.3) is 0 Å². The van der Waals surface area contributed by atoms with Crippen molar-refractivity contribution in [2.45, 2.75) is 57.8 Å². The van der Waals surface area contributed by atoms with Gasteiger partial charge in [0.05, 0.1) is 0 Å². The summed E-state index contributed by atoms with van der Waals surface area (Å²) in [4.78, 5) is 13.5. The third-order valence-corrected chi connectivity index (χ3v) is 2.87. The predicted octanol–water partition coefficient (Wildman–Crippen LogP) is 0.670. The summed E-state index contributed by atoms with van der Waals surface area (Å²) in [6.45, 7) is 8.08. The third kappa shape index (κ3) is 3.09. The maximum Gasteiger partial charge on any atom is 0.410 e. The molecule has 0 unspecified atom stereocenters. The molecule has 1 fully saturated rings. The maximum atomic E-state index is 11.9. The average Bonchev–Trinajstić information content (AvgIpc) is 2.11. The Morgan fingerprint density at radius 2 is 1.94 bits per heavy atom. The lowest BCUT2D eigenvalue weighted by atomic mass is 9.94. The Bertz CT molecular complexity index is 262. The van der Waals surface area contributed by atoms with Crippen molar-refractivity contribution < 1.29 is 9.53 Å². The summed E-state index contributed by atoms with van der Waals surface area (Å²) in [6.07, 6.45) is 0.424. The second-order valence-electron chi connectivity index (χ2n) is 5.44. The van der Waals surface area contributed by atoms with Gasteiger partial charge in [-0.2, -0.15) is 0 Å². The van der Waals surface area contributed by atoms with Crippen LogP contribution in [0.1, 0.15) is 34.1 Å². The Kier molecular flexibility index (Phi) is 3.80. The molecular weight excluding hydrogens is 206 g/mol. The molecule has 0 aromatic carbocycles. The highest BCUT2D eigenvalue weighted by Gasteiger charge is 2.35. The summed E-state index contributed by atoms with van der Waals surface area (Å²) in [7, 11) is 0. The lowest BCUT2D eigenvalue weighted by Gasteiger charge is -2.41. The molecule has 4 N–H and O–H groups in total. The molecule has 16 heavy (non-hydrogen) atoms. The van der Waals surface area contributed by atoms with Gasteiger partial charge in [0.15, 0.2) is 0 Å². The van der Waals surface area contributed by atoms with E-state index in [9.17, 15) is 4.79 Å². The zero-order valence-corrected chi connectivity index (χ0v) is 10.6. The molecule has 0 bridgehead atoms. The van der Waals surface area contributed by atoms with E-state index in [0.717, 1.165) is 6.42 Å². The zero-order valence-electron chi connectivity index (χ0n) is 10.6. The molecule has 5 nitrogen and oxygen atoms in total. The van der Waals surface area contributed by atoms with Gasteiger partial charge in [0.25, 0.3) is 0 Å². The van der Waals surface area contributed by atoms with Gasteiger partial charge in [-0.1, -0.05) is 0 Å². The van der Waals surface area contributed by atoms with Crippen molar-refractivity contribution in [1.29, 1.82) is 0 Å². The van der Waals surface area contributed by atoms with Gasteiger partial charge in [-0.3, -0.25) is 0 Å². The zero-order chi connectivity index (χ0) is 12.5. The van der Waals surface area contributed by atoms with Crippen molar-refractivity contribution in [3.8, 4) is 0 Å². The number of hydrogen-bond acceptors (Lipinski definition) is 4. The Hall–Kier alpha value is -0.810. The van der Waals surface area contributed by atoms with Crippen LogP contribution < -0.4 is 11.5 Å². The van der Waals surface area contributed by atoms with Gasteiger partial charge >= 0.3 is 6.09 Å². The van der Waals surface area contributed by atoms with Crippen LogP contribution in [0.4, 0.5) is 4.79 Å². The predicted molar refractivity (Wildman–Crippen MR) is 63.0 cm³/mol. The minimum atomic E-state index is -0.472. The first-order valence-electron chi connectivity index (χ1n) is 5.73. The Morgan fingerprint density at radius 1 is 1.38 bits per heavy atom. The van der Waals surface area contributed by atoms with Gasteiger partial charge in [0.2, 0.25) is 0 Å². The molecule has 0 aromatic rings. The highest BCUT2D eigenvalue weighted by atomic mass is 16.6. The second kappa shape index (κ2) is 4.59. The Labute approximate surface area is 97.1 Å².